The summed E-state index contributed by atoms with van der Waals surface area (Å²) in [6.45, 7) is 9.10. The molecule has 5 heteroatoms. The van der Waals surface area contributed by atoms with Crippen molar-refractivity contribution >= 4 is 11.9 Å². The van der Waals surface area contributed by atoms with E-state index in [2.05, 4.69) is 11.3 Å². The molecule has 0 fully saturated rings. The molecule has 0 radical (unpaired) electrons. The second-order valence-electron chi connectivity index (χ2n) is 4.11. The Morgan fingerprint density at radius 3 is 2.24 bits per heavy atom. The number of methoxy groups -OCH3 is 1. The topological polar surface area (TPSA) is 49.9 Å². The van der Waals surface area contributed by atoms with Crippen molar-refractivity contribution in [2.75, 3.05) is 40.3 Å². The Balaban J connectivity index is 4.21. The van der Waals surface area contributed by atoms with Crippen molar-refractivity contribution in [3.05, 3.63) is 12.2 Å². The van der Waals surface area contributed by atoms with Crippen LogP contribution in [0, 0.1) is 0 Å². The van der Waals surface area contributed by atoms with Crippen LogP contribution < -0.4 is 0 Å². The van der Waals surface area contributed by atoms with Crippen LogP contribution in [-0.2, 0) is 14.3 Å². The van der Waals surface area contributed by atoms with Crippen molar-refractivity contribution in [2.24, 2.45) is 0 Å². The molecule has 0 heterocycles. The number of ether oxygens (including phenoxy) is 1. The second kappa shape index (κ2) is 7.84. The van der Waals surface area contributed by atoms with E-state index in [4.69, 9.17) is 0 Å². The summed E-state index contributed by atoms with van der Waals surface area (Å²) >= 11 is 0. The molecule has 0 aromatic rings. The van der Waals surface area contributed by atoms with E-state index in [1.807, 2.05) is 13.8 Å². The summed E-state index contributed by atoms with van der Waals surface area (Å²) in [5.74, 6) is -0.356. The molecular formula is C12H22N2O3. The van der Waals surface area contributed by atoms with E-state index in [-0.39, 0.29) is 25.0 Å². The first-order valence-electron chi connectivity index (χ1n) is 5.58. The highest BCUT2D eigenvalue weighted by atomic mass is 16.5. The van der Waals surface area contributed by atoms with Crippen LogP contribution in [0.15, 0.2) is 12.2 Å². The molecule has 0 N–H and O–H groups in total. The van der Waals surface area contributed by atoms with Gasteiger partial charge < -0.3 is 9.64 Å². The number of rotatable bonds is 7. The van der Waals surface area contributed by atoms with E-state index in [1.165, 1.54) is 7.11 Å². The van der Waals surface area contributed by atoms with Gasteiger partial charge in [-0.25, -0.2) is 0 Å². The van der Waals surface area contributed by atoms with Gasteiger partial charge in [-0.2, -0.15) is 0 Å². The number of hydrogen-bond donors (Lipinski definition) is 0. The molecule has 0 saturated carbocycles. The molecule has 0 saturated heterocycles. The molecule has 98 valence electrons. The van der Waals surface area contributed by atoms with Gasteiger partial charge in [-0.1, -0.05) is 12.2 Å². The fraction of sp³-hybridized carbons (Fsp3) is 0.667. The number of amides is 1. The first-order valence-corrected chi connectivity index (χ1v) is 5.58. The summed E-state index contributed by atoms with van der Waals surface area (Å²) in [6, 6.07) is 0. The van der Waals surface area contributed by atoms with Crippen LogP contribution in [0.4, 0.5) is 0 Å². The Morgan fingerprint density at radius 1 is 1.24 bits per heavy atom. The van der Waals surface area contributed by atoms with Crippen LogP contribution in [0.3, 0.4) is 0 Å². The molecule has 0 aromatic carbocycles. The summed E-state index contributed by atoms with van der Waals surface area (Å²) in [4.78, 5) is 26.2. The smallest absolute Gasteiger partial charge is 0.319 e. The van der Waals surface area contributed by atoms with E-state index in [9.17, 15) is 9.59 Å². The van der Waals surface area contributed by atoms with Crippen LogP contribution >= 0.6 is 0 Å². The van der Waals surface area contributed by atoms with Crippen molar-refractivity contribution < 1.29 is 14.3 Å². The van der Waals surface area contributed by atoms with Gasteiger partial charge in [0.2, 0.25) is 5.91 Å². The predicted octanol–water partition coefficient (Wildman–Crippen LogP) is 0.516. The quantitative estimate of drug-likeness (QED) is 0.482. The molecule has 0 aliphatic rings. The minimum Gasteiger partial charge on any atom is -0.468 e. The van der Waals surface area contributed by atoms with Gasteiger partial charge in [0, 0.05) is 13.1 Å². The van der Waals surface area contributed by atoms with Gasteiger partial charge in [0.25, 0.3) is 0 Å². The summed E-state index contributed by atoms with van der Waals surface area (Å²) in [6.07, 6.45) is 0. The summed E-state index contributed by atoms with van der Waals surface area (Å²) < 4.78 is 4.53. The van der Waals surface area contributed by atoms with Gasteiger partial charge in [-0.3, -0.25) is 14.5 Å². The van der Waals surface area contributed by atoms with E-state index in [1.54, 1.807) is 16.8 Å². The average molecular weight is 242 g/mol. The summed E-state index contributed by atoms with van der Waals surface area (Å²) in [5, 5.41) is 0. The predicted molar refractivity (Wildman–Crippen MR) is 66.6 cm³/mol. The van der Waals surface area contributed by atoms with Crippen molar-refractivity contribution in [3.63, 3.8) is 0 Å². The number of carbonyl (C=O) groups is 2. The van der Waals surface area contributed by atoms with Gasteiger partial charge in [-0.15, -0.1) is 0 Å². The van der Waals surface area contributed by atoms with E-state index in [0.717, 1.165) is 5.57 Å². The molecule has 5 nitrogen and oxygen atoms in total. The van der Waals surface area contributed by atoms with Gasteiger partial charge in [0.1, 0.15) is 0 Å². The van der Waals surface area contributed by atoms with Crippen molar-refractivity contribution in [1.29, 1.82) is 0 Å². The van der Waals surface area contributed by atoms with Crippen LogP contribution in [-0.4, -0.2) is 62.0 Å². The molecule has 0 unspecified atom stereocenters. The van der Waals surface area contributed by atoms with Crippen LogP contribution in [0.5, 0.6) is 0 Å². The van der Waals surface area contributed by atoms with Crippen molar-refractivity contribution in [3.8, 4) is 0 Å². The molecular weight excluding hydrogens is 220 g/mol. The Morgan fingerprint density at radius 2 is 1.82 bits per heavy atom. The minimum atomic E-state index is -0.344. The monoisotopic (exact) mass is 242 g/mol. The largest absolute Gasteiger partial charge is 0.468 e. The maximum atomic E-state index is 11.9. The van der Waals surface area contributed by atoms with Crippen LogP contribution in [0.1, 0.15) is 13.8 Å². The highest BCUT2D eigenvalue weighted by Crippen LogP contribution is 1.98. The maximum absolute atomic E-state index is 11.9. The zero-order valence-corrected chi connectivity index (χ0v) is 11.2. The normalized spacial score (nSPS) is 10.2. The number of hydrogen-bond acceptors (Lipinski definition) is 4. The molecule has 0 atom stereocenters. The Hall–Kier alpha value is -1.36. The molecule has 0 spiro atoms. The number of likely N-dealkylation sites (N-methyl/N-ethyl adjacent to an activating group) is 2. The molecule has 0 rings (SSSR count). The van der Waals surface area contributed by atoms with Crippen LogP contribution in [0.25, 0.3) is 0 Å². The highest BCUT2D eigenvalue weighted by Gasteiger charge is 2.15. The lowest BCUT2D eigenvalue weighted by Crippen LogP contribution is -2.41. The zero-order valence-electron chi connectivity index (χ0n) is 11.2. The first kappa shape index (κ1) is 15.6. The summed E-state index contributed by atoms with van der Waals surface area (Å²) in [7, 11) is 3.04. The third-order valence-electron chi connectivity index (χ3n) is 2.23. The molecule has 0 bridgehead atoms. The number of carbonyl (C=O) groups excluding carboxylic acids is 2. The maximum Gasteiger partial charge on any atom is 0.319 e. The van der Waals surface area contributed by atoms with Gasteiger partial charge in [0.05, 0.1) is 20.2 Å². The molecule has 1 amide bonds. The molecule has 0 aliphatic heterocycles. The lowest BCUT2D eigenvalue weighted by Gasteiger charge is -2.23. The fourth-order valence-corrected chi connectivity index (χ4v) is 1.37. The third kappa shape index (κ3) is 6.73. The third-order valence-corrected chi connectivity index (χ3v) is 2.23. The van der Waals surface area contributed by atoms with E-state index in [0.29, 0.717) is 13.1 Å². The van der Waals surface area contributed by atoms with Gasteiger partial charge in [0.15, 0.2) is 0 Å². The first-order chi connectivity index (χ1) is 7.90. The standard InChI is InChI=1S/C12H22N2O3/c1-6-14(7-10(2)3)11(15)8-13(4)9-12(16)17-5/h2,6-9H2,1,3-5H3. The van der Waals surface area contributed by atoms with Crippen molar-refractivity contribution in [1.82, 2.24) is 9.80 Å². The summed E-state index contributed by atoms with van der Waals surface area (Å²) in [5.41, 5.74) is 0.941. The lowest BCUT2D eigenvalue weighted by molar-refractivity contribution is -0.142. The zero-order chi connectivity index (χ0) is 13.4. The Labute approximate surface area is 103 Å². The van der Waals surface area contributed by atoms with E-state index >= 15 is 0 Å². The van der Waals surface area contributed by atoms with E-state index < -0.39 is 0 Å². The van der Waals surface area contributed by atoms with Crippen LogP contribution in [0.2, 0.25) is 0 Å². The fourth-order valence-electron chi connectivity index (χ4n) is 1.37. The molecule has 0 aromatic heterocycles. The molecule has 0 aliphatic carbocycles. The highest BCUT2D eigenvalue weighted by molar-refractivity contribution is 5.79. The number of nitrogens with zero attached hydrogens (tertiary/aromatic N) is 2. The Bertz CT molecular complexity index is 289. The SMILES string of the molecule is C=C(C)CN(CC)C(=O)CN(C)CC(=O)OC. The second-order valence-corrected chi connectivity index (χ2v) is 4.11. The number of esters is 1. The molecule has 17 heavy (non-hydrogen) atoms. The van der Waals surface area contributed by atoms with Gasteiger partial charge in [-0.05, 0) is 20.9 Å². The minimum absolute atomic E-state index is 0.0121. The van der Waals surface area contributed by atoms with Crippen molar-refractivity contribution in [2.45, 2.75) is 13.8 Å². The lowest BCUT2D eigenvalue weighted by atomic mass is 10.3. The van der Waals surface area contributed by atoms with Gasteiger partial charge >= 0.3 is 5.97 Å². The average Bonchev–Trinajstić information content (AvgIpc) is 2.24. The Kier molecular flexibility index (Phi) is 7.21.